The number of carbonyl (C=O) groups excluding carboxylic acids is 1. The largest absolute Gasteiger partial charge is 0.467 e. The number of nitrogens with zero attached hydrogens (tertiary/aromatic N) is 1. The lowest BCUT2D eigenvalue weighted by Gasteiger charge is -2.33. The van der Waals surface area contributed by atoms with Gasteiger partial charge in [0.2, 0.25) is 0 Å². The van der Waals surface area contributed by atoms with Gasteiger partial charge in [0.15, 0.2) is 6.79 Å². The molecule has 0 radical (unpaired) electrons. The first-order chi connectivity index (χ1) is 15.6. The van der Waals surface area contributed by atoms with Crippen molar-refractivity contribution in [3.63, 3.8) is 0 Å². The molecule has 7 nitrogen and oxygen atoms in total. The number of benzene rings is 3. The maximum atomic E-state index is 12.8. The van der Waals surface area contributed by atoms with Crippen LogP contribution in [0, 0.1) is 10.1 Å². The maximum Gasteiger partial charge on any atom is 0.338 e. The molecule has 0 heterocycles. The molecule has 1 aliphatic rings. The van der Waals surface area contributed by atoms with E-state index in [1.54, 1.807) is 7.11 Å². The SMILES string of the molecule is COCOc1ccc2ccccc2c1[C@H]1CCCC[C@H]1OC(=O)c1ccc([N+](=O)[O-])cc1. The summed E-state index contributed by atoms with van der Waals surface area (Å²) in [6.07, 6.45) is 3.30. The molecule has 1 fully saturated rings. The molecular formula is C25H25NO6. The summed E-state index contributed by atoms with van der Waals surface area (Å²) < 4.78 is 17.0. The van der Waals surface area contributed by atoms with Gasteiger partial charge in [0.05, 0.1) is 10.5 Å². The molecule has 2 atom stereocenters. The van der Waals surface area contributed by atoms with Crippen molar-refractivity contribution in [2.45, 2.75) is 37.7 Å². The number of nitro benzene ring substituents is 1. The van der Waals surface area contributed by atoms with E-state index in [4.69, 9.17) is 14.2 Å². The lowest BCUT2D eigenvalue weighted by Crippen LogP contribution is -2.29. The Morgan fingerprint density at radius 3 is 2.53 bits per heavy atom. The first kappa shape index (κ1) is 21.8. The third-order valence-corrected chi connectivity index (χ3v) is 5.91. The van der Waals surface area contributed by atoms with E-state index < -0.39 is 10.9 Å². The Bertz CT molecular complexity index is 1110. The fraction of sp³-hybridized carbons (Fsp3) is 0.320. The zero-order valence-electron chi connectivity index (χ0n) is 17.9. The fourth-order valence-electron chi connectivity index (χ4n) is 4.40. The monoisotopic (exact) mass is 435 g/mol. The standard InChI is InChI=1S/C25H25NO6/c1-30-16-31-23-15-12-17-6-2-3-7-20(17)24(23)21-8-4-5-9-22(21)32-25(27)18-10-13-19(14-11-18)26(28)29/h2-3,6-7,10-15,21-22H,4-5,8-9,16H2,1H3/t21-,22+/m0/s1. The van der Waals surface area contributed by atoms with Gasteiger partial charge in [-0.3, -0.25) is 10.1 Å². The van der Waals surface area contributed by atoms with E-state index in [0.29, 0.717) is 5.56 Å². The number of carbonyl (C=O) groups is 1. The number of hydrogen-bond acceptors (Lipinski definition) is 6. The van der Waals surface area contributed by atoms with Crippen LogP contribution in [-0.4, -0.2) is 30.9 Å². The van der Waals surface area contributed by atoms with Crippen LogP contribution in [0.1, 0.15) is 47.5 Å². The zero-order chi connectivity index (χ0) is 22.5. The van der Waals surface area contributed by atoms with Gasteiger partial charge < -0.3 is 14.2 Å². The van der Waals surface area contributed by atoms with E-state index >= 15 is 0 Å². The number of esters is 1. The minimum Gasteiger partial charge on any atom is -0.467 e. The van der Waals surface area contributed by atoms with Crippen molar-refractivity contribution in [2.75, 3.05) is 13.9 Å². The first-order valence-corrected chi connectivity index (χ1v) is 10.7. The minimum absolute atomic E-state index is 0.0243. The molecule has 0 spiro atoms. The average molecular weight is 435 g/mol. The molecule has 32 heavy (non-hydrogen) atoms. The van der Waals surface area contributed by atoms with Gasteiger partial charge in [-0.05, 0) is 48.2 Å². The van der Waals surface area contributed by atoms with E-state index in [0.717, 1.165) is 47.8 Å². The summed E-state index contributed by atoms with van der Waals surface area (Å²) in [5, 5.41) is 13.1. The molecule has 0 aromatic heterocycles. The highest BCUT2D eigenvalue weighted by Gasteiger charge is 2.33. The highest BCUT2D eigenvalue weighted by atomic mass is 16.7. The summed E-state index contributed by atoms with van der Waals surface area (Å²) in [5.74, 6) is 0.230. The van der Waals surface area contributed by atoms with Gasteiger partial charge in [-0.25, -0.2) is 4.79 Å². The van der Waals surface area contributed by atoms with Crippen LogP contribution in [-0.2, 0) is 9.47 Å². The van der Waals surface area contributed by atoms with Gasteiger partial charge in [-0.1, -0.05) is 36.8 Å². The van der Waals surface area contributed by atoms with Gasteiger partial charge in [0.25, 0.3) is 5.69 Å². The molecule has 1 saturated carbocycles. The molecule has 4 rings (SSSR count). The van der Waals surface area contributed by atoms with Crippen molar-refractivity contribution < 1.29 is 23.9 Å². The summed E-state index contributed by atoms with van der Waals surface area (Å²) in [4.78, 5) is 23.2. The van der Waals surface area contributed by atoms with Gasteiger partial charge in [-0.15, -0.1) is 0 Å². The van der Waals surface area contributed by atoms with Crippen molar-refractivity contribution in [3.05, 3.63) is 81.9 Å². The fourth-order valence-corrected chi connectivity index (χ4v) is 4.40. The Kier molecular flexibility index (Phi) is 6.66. The predicted octanol–water partition coefficient (Wildman–Crippen LogP) is 5.61. The predicted molar refractivity (Wildman–Crippen MR) is 120 cm³/mol. The highest BCUT2D eigenvalue weighted by Crippen LogP contribution is 2.43. The molecule has 0 aliphatic heterocycles. The quantitative estimate of drug-likeness (QED) is 0.207. The van der Waals surface area contributed by atoms with Crippen molar-refractivity contribution in [1.29, 1.82) is 0 Å². The lowest BCUT2D eigenvalue weighted by molar-refractivity contribution is -0.384. The summed E-state index contributed by atoms with van der Waals surface area (Å²) in [6, 6.07) is 17.6. The summed E-state index contributed by atoms with van der Waals surface area (Å²) in [7, 11) is 1.58. The minimum atomic E-state index is -0.492. The number of nitro groups is 1. The van der Waals surface area contributed by atoms with Crippen LogP contribution in [0.5, 0.6) is 5.75 Å². The first-order valence-electron chi connectivity index (χ1n) is 10.7. The van der Waals surface area contributed by atoms with Crippen LogP contribution < -0.4 is 4.74 Å². The van der Waals surface area contributed by atoms with Crippen molar-refractivity contribution in [2.24, 2.45) is 0 Å². The zero-order valence-corrected chi connectivity index (χ0v) is 17.9. The van der Waals surface area contributed by atoms with Crippen molar-refractivity contribution in [1.82, 2.24) is 0 Å². The van der Waals surface area contributed by atoms with E-state index in [2.05, 4.69) is 12.1 Å². The number of ether oxygens (including phenoxy) is 3. The van der Waals surface area contributed by atoms with Crippen LogP contribution in [0.15, 0.2) is 60.7 Å². The molecule has 0 N–H and O–H groups in total. The highest BCUT2D eigenvalue weighted by molar-refractivity contribution is 5.90. The second-order valence-electron chi connectivity index (χ2n) is 7.89. The molecule has 3 aromatic carbocycles. The molecule has 7 heteroatoms. The van der Waals surface area contributed by atoms with Crippen LogP contribution in [0.4, 0.5) is 5.69 Å². The van der Waals surface area contributed by atoms with Gasteiger partial charge in [0.1, 0.15) is 11.9 Å². The molecule has 0 bridgehead atoms. The second kappa shape index (κ2) is 9.78. The van der Waals surface area contributed by atoms with Crippen LogP contribution in [0.3, 0.4) is 0 Å². The number of fused-ring (bicyclic) bond motifs is 1. The van der Waals surface area contributed by atoms with Crippen LogP contribution >= 0.6 is 0 Å². The Morgan fingerprint density at radius 2 is 1.78 bits per heavy atom. The summed E-state index contributed by atoms with van der Waals surface area (Å²) >= 11 is 0. The summed E-state index contributed by atoms with van der Waals surface area (Å²) in [6.45, 7) is 0.130. The second-order valence-corrected chi connectivity index (χ2v) is 7.89. The smallest absolute Gasteiger partial charge is 0.338 e. The van der Waals surface area contributed by atoms with Gasteiger partial charge in [-0.2, -0.15) is 0 Å². The van der Waals surface area contributed by atoms with Gasteiger partial charge >= 0.3 is 5.97 Å². The normalized spacial score (nSPS) is 18.3. The average Bonchev–Trinajstić information content (AvgIpc) is 2.83. The van der Waals surface area contributed by atoms with E-state index in [-0.39, 0.29) is 24.5 Å². The van der Waals surface area contributed by atoms with Crippen molar-refractivity contribution in [3.8, 4) is 5.75 Å². The maximum absolute atomic E-state index is 12.8. The van der Waals surface area contributed by atoms with E-state index in [1.807, 2.05) is 24.3 Å². The Hall–Kier alpha value is -3.45. The van der Waals surface area contributed by atoms with Crippen molar-refractivity contribution >= 4 is 22.4 Å². The Balaban J connectivity index is 1.65. The number of methoxy groups -OCH3 is 1. The molecule has 0 unspecified atom stereocenters. The Morgan fingerprint density at radius 1 is 1.03 bits per heavy atom. The molecule has 0 saturated heterocycles. The molecular weight excluding hydrogens is 410 g/mol. The van der Waals surface area contributed by atoms with Crippen LogP contribution in [0.2, 0.25) is 0 Å². The third kappa shape index (κ3) is 4.57. The third-order valence-electron chi connectivity index (χ3n) is 5.91. The van der Waals surface area contributed by atoms with Gasteiger partial charge in [0, 0.05) is 30.7 Å². The summed E-state index contributed by atoms with van der Waals surface area (Å²) in [5.41, 5.74) is 1.27. The number of non-ortho nitro benzene ring substituents is 1. The molecule has 3 aromatic rings. The van der Waals surface area contributed by atoms with E-state index in [1.165, 1.54) is 24.3 Å². The molecule has 0 amide bonds. The Labute approximate surface area is 186 Å². The topological polar surface area (TPSA) is 87.9 Å². The molecule has 166 valence electrons. The number of rotatable bonds is 7. The lowest BCUT2D eigenvalue weighted by atomic mass is 9.79. The van der Waals surface area contributed by atoms with E-state index in [9.17, 15) is 14.9 Å². The molecule has 1 aliphatic carbocycles. The number of hydrogen-bond donors (Lipinski definition) is 0. The van der Waals surface area contributed by atoms with Crippen LogP contribution in [0.25, 0.3) is 10.8 Å².